The van der Waals surface area contributed by atoms with Crippen LogP contribution in [0.4, 0.5) is 0 Å². The van der Waals surface area contributed by atoms with Gasteiger partial charge in [-0.05, 0) is 129 Å². The smallest absolute Gasteiger partial charge is 0.423 e. The molecule has 0 aliphatic heterocycles. The summed E-state index contributed by atoms with van der Waals surface area (Å²) in [6.07, 6.45) is 10.3. The maximum absolute atomic E-state index is 9.15. The van der Waals surface area contributed by atoms with E-state index in [-0.39, 0.29) is 8.85 Å². The van der Waals surface area contributed by atoms with Crippen molar-refractivity contribution >= 4 is 136 Å². The van der Waals surface area contributed by atoms with Crippen LogP contribution in [0.5, 0.6) is 0 Å². The molecule has 8 aromatic heterocycles. The Labute approximate surface area is 762 Å². The summed E-state index contributed by atoms with van der Waals surface area (Å²) in [4.78, 5) is 55.3. The van der Waals surface area contributed by atoms with Gasteiger partial charge >= 0.3 is 14.2 Å². The van der Waals surface area contributed by atoms with E-state index < -0.39 is 14.2 Å². The minimum absolute atomic E-state index is 0. The van der Waals surface area contributed by atoms with E-state index in [2.05, 4.69) is 184 Å². The summed E-state index contributed by atoms with van der Waals surface area (Å²) in [7, 11) is -2.80. The van der Waals surface area contributed by atoms with Crippen LogP contribution in [0.1, 0.15) is 8.85 Å². The zero-order chi connectivity index (χ0) is 85.4. The molecule has 21 rings (SSSR count). The fourth-order valence-corrected chi connectivity index (χ4v) is 16.7. The van der Waals surface area contributed by atoms with Gasteiger partial charge in [0.05, 0.1) is 0 Å². The summed E-state index contributed by atoms with van der Waals surface area (Å²) in [5, 5.41) is 40.2. The molecule has 0 aliphatic carbocycles. The fourth-order valence-electron chi connectivity index (χ4n) is 13.7. The number of rotatable bonds is 14. The Morgan fingerprint density at radius 1 is 0.206 bits per heavy atom. The molecule has 21 aromatic rings. The molecule has 0 radical (unpaired) electrons. The number of hydrogen-bond donors (Lipinski definition) is 4. The first kappa shape index (κ1) is 85.7. The van der Waals surface area contributed by atoms with Crippen LogP contribution in [-0.2, 0) is 0 Å². The highest BCUT2D eigenvalue weighted by Crippen LogP contribution is 2.39. The van der Waals surface area contributed by atoms with Crippen LogP contribution in [0.15, 0.2) is 409 Å². The molecule has 0 saturated carbocycles. The van der Waals surface area contributed by atoms with E-state index in [0.717, 1.165) is 96.7 Å². The van der Waals surface area contributed by atoms with Gasteiger partial charge in [-0.25, -0.2) is 44.9 Å². The molecule has 4 N–H and O–H groups in total. The quantitative estimate of drug-likeness (QED) is 0.0741. The van der Waals surface area contributed by atoms with Crippen molar-refractivity contribution in [3.05, 3.63) is 409 Å². The summed E-state index contributed by atoms with van der Waals surface area (Å²) in [6.45, 7) is 0. The standard InChI is InChI=1S/C38H24N4S.C26H17BrN4.C21H13Br2N3.C12H9BO2S.C5H6BNO2.CH4.H2/c1-2-7-27(8-3-1)36-40-37(42-38(41-36)29-18-14-26(15-19-29)31-9-6-22-39-24-31)28-16-12-25(13-17-28)30-20-21-35-33(23-30)32-10-4-5-11-34(32)43-35;27-23-14-12-21(13-15-23)26-30-24(19-5-2-1-3-6-19)29-25(31-26)20-10-8-18(9-11-20)22-7-4-16-28-17-22;22-17-10-6-15(7-11-17)20-24-19(14-4-2-1-3-5-14)25-21(26-20)16-8-12-18(23)13-9-16;14-13(15)8-5-6-12-10(7-8)9-3-1-2-4-11(9)16-12;8-6(9)5-2-1-3-7-4-5;;/h1-24H;1-17H;1-13H;1-7,14-15H;1-4,8-9H;1H4;1H/i;;;;;;1+1. The van der Waals surface area contributed by atoms with Crippen molar-refractivity contribution in [1.29, 1.82) is 0 Å². The van der Waals surface area contributed by atoms with Gasteiger partial charge in [0, 0.05) is 143 Å². The minimum atomic E-state index is -1.40. The number of nitrogens with zero attached hydrogens (tertiary/aromatic N) is 12. The zero-order valence-corrected chi connectivity index (χ0v) is 72.7. The molecular weight excluding hydrogens is 1790 g/mol. The van der Waals surface area contributed by atoms with Crippen molar-refractivity contribution < 1.29 is 21.5 Å². The number of halogens is 3. The molecule has 16 nitrogen and oxygen atoms in total. The van der Waals surface area contributed by atoms with Gasteiger partial charge in [0.25, 0.3) is 0 Å². The van der Waals surface area contributed by atoms with Crippen LogP contribution in [0.25, 0.3) is 176 Å². The van der Waals surface area contributed by atoms with E-state index in [1.807, 2.05) is 242 Å². The van der Waals surface area contributed by atoms with Gasteiger partial charge < -0.3 is 20.1 Å². The van der Waals surface area contributed by atoms with Crippen LogP contribution in [0.2, 0.25) is 0 Å². The van der Waals surface area contributed by atoms with Crippen molar-refractivity contribution in [1.82, 2.24) is 59.8 Å². The highest BCUT2D eigenvalue weighted by molar-refractivity contribution is 9.11. The van der Waals surface area contributed by atoms with Crippen LogP contribution in [-0.4, -0.2) is 94.1 Å². The molecule has 0 unspecified atom stereocenters. The summed E-state index contributed by atoms with van der Waals surface area (Å²) < 4.78 is 8.07. The average molecular weight is 1870 g/mol. The van der Waals surface area contributed by atoms with Gasteiger partial charge in [-0.1, -0.05) is 328 Å². The van der Waals surface area contributed by atoms with Gasteiger partial charge in [-0.15, -0.1) is 22.7 Å². The Balaban J connectivity index is 0.000000131. The number of hydrogen-bond acceptors (Lipinski definition) is 18. The first-order chi connectivity index (χ1) is 61.3. The Kier molecular flexibility index (Phi) is 27.7. The molecular formula is C103H75B2Br3N12O4S2. The molecule has 23 heteroatoms. The topological polar surface area (TPSA) is 236 Å². The van der Waals surface area contributed by atoms with Crippen LogP contribution >= 0.6 is 70.5 Å². The maximum Gasteiger partial charge on any atom is 0.490 e. The van der Waals surface area contributed by atoms with Gasteiger partial charge in [0.15, 0.2) is 52.4 Å². The SMILES string of the molecule is Brc1ccc(-c2nc(-c3ccccc3)nc(-c3ccc(-c4cccnc4)cc3)n2)cc1.Brc1ccc(-c2nc(-c3ccccc3)nc(-c3ccc(Br)cc3)n2)cc1.C.OB(O)c1ccc2sc3ccccc3c2c1.OB(O)c1cccnc1.[2HH].c1ccc(-c2nc(-c3ccc(-c4cccnc4)cc3)nc(-c3ccc(-c4ccc5sc6ccccc6c5c4)cc3)n2)cc1. The second kappa shape index (κ2) is 40.7. The van der Waals surface area contributed by atoms with E-state index in [9.17, 15) is 0 Å². The molecule has 0 fully saturated rings. The highest BCUT2D eigenvalue weighted by atomic mass is 79.9. The lowest BCUT2D eigenvalue weighted by Gasteiger charge is -2.10. The number of benzene rings is 13. The molecule has 0 spiro atoms. The number of fused-ring (bicyclic) bond motifs is 6. The zero-order valence-electron chi connectivity index (χ0n) is 66.3. The van der Waals surface area contributed by atoms with Crippen molar-refractivity contribution in [2.75, 3.05) is 0 Å². The van der Waals surface area contributed by atoms with Crippen LogP contribution in [0.3, 0.4) is 0 Å². The van der Waals surface area contributed by atoms with Crippen molar-refractivity contribution in [3.8, 4) is 136 Å². The summed E-state index contributed by atoms with van der Waals surface area (Å²) in [5.74, 6) is 5.85. The maximum atomic E-state index is 9.15. The van der Waals surface area contributed by atoms with Crippen molar-refractivity contribution in [2.45, 2.75) is 7.43 Å². The Morgan fingerprint density at radius 2 is 0.452 bits per heavy atom. The van der Waals surface area contributed by atoms with Crippen LogP contribution in [0, 0.1) is 0 Å². The molecule has 0 atom stereocenters. The lowest BCUT2D eigenvalue weighted by atomic mass is 9.80. The lowest BCUT2D eigenvalue weighted by molar-refractivity contribution is 0.424. The molecule has 0 bridgehead atoms. The Morgan fingerprint density at radius 3 is 0.754 bits per heavy atom. The third-order valence-corrected chi connectivity index (χ3v) is 24.0. The van der Waals surface area contributed by atoms with E-state index in [1.54, 1.807) is 48.1 Å². The average Bonchev–Trinajstić information content (AvgIpc) is 1.64. The first-order valence-corrected chi connectivity index (χ1v) is 43.6. The normalized spacial score (nSPS) is 10.8. The largest absolute Gasteiger partial charge is 0.490 e. The Hall–Kier alpha value is -13.8. The van der Waals surface area contributed by atoms with E-state index in [1.165, 1.54) is 46.7 Å². The third-order valence-electron chi connectivity index (χ3n) is 20.1. The van der Waals surface area contributed by atoms with Gasteiger partial charge in [0.1, 0.15) is 0 Å². The van der Waals surface area contributed by atoms with Gasteiger partial charge in [-0.2, -0.15) is 0 Å². The number of thiophene rings is 2. The monoisotopic (exact) mass is 1870 g/mol. The van der Waals surface area contributed by atoms with Crippen molar-refractivity contribution in [3.63, 3.8) is 0 Å². The minimum Gasteiger partial charge on any atom is -0.423 e. The molecule has 0 amide bonds. The second-order valence-electron chi connectivity index (χ2n) is 28.4. The molecule has 610 valence electrons. The molecule has 0 aliphatic rings. The number of aromatic nitrogens is 12. The third kappa shape index (κ3) is 21.0. The van der Waals surface area contributed by atoms with Gasteiger partial charge in [0.2, 0.25) is 0 Å². The first-order valence-electron chi connectivity index (χ1n) is 39.6. The molecule has 0 saturated heterocycles. The van der Waals surface area contributed by atoms with Crippen molar-refractivity contribution in [2.24, 2.45) is 0 Å². The summed E-state index contributed by atoms with van der Waals surface area (Å²) >= 11 is 14.0. The number of pyridine rings is 3. The molecule has 8 heterocycles. The van der Waals surface area contributed by atoms with E-state index in [4.69, 9.17) is 65.0 Å². The summed E-state index contributed by atoms with van der Waals surface area (Å²) in [6, 6.07) is 119. The molecule has 13 aromatic carbocycles. The van der Waals surface area contributed by atoms with Crippen LogP contribution < -0.4 is 10.9 Å². The highest BCUT2D eigenvalue weighted by Gasteiger charge is 2.19. The second-order valence-corrected chi connectivity index (χ2v) is 33.4. The summed E-state index contributed by atoms with van der Waals surface area (Å²) in [5.41, 5.74) is 16.2. The van der Waals surface area contributed by atoms with E-state index >= 15 is 0 Å². The Bertz CT molecular complexity index is 7170. The lowest BCUT2D eigenvalue weighted by Crippen LogP contribution is -2.29. The predicted octanol–water partition coefficient (Wildman–Crippen LogP) is 24.4. The predicted molar refractivity (Wildman–Crippen MR) is 528 cm³/mol. The fraction of sp³-hybridized carbons (Fsp3) is 0.00971. The molecule has 126 heavy (non-hydrogen) atoms. The van der Waals surface area contributed by atoms with Gasteiger partial charge in [-0.3, -0.25) is 15.0 Å². The van der Waals surface area contributed by atoms with E-state index in [0.29, 0.717) is 63.3 Å².